The van der Waals surface area contributed by atoms with Gasteiger partial charge in [0.25, 0.3) is 0 Å². The Labute approximate surface area is 198 Å². The number of halogens is 1. The number of hydrogen-bond donors (Lipinski definition) is 0. The summed E-state index contributed by atoms with van der Waals surface area (Å²) >= 11 is 6.30. The predicted molar refractivity (Wildman–Crippen MR) is 128 cm³/mol. The van der Waals surface area contributed by atoms with Crippen LogP contribution in [0, 0.1) is 6.92 Å². The standard InChI is InChI=1S/C27H24ClNO4/c1-17-26-20(15-29(16-32-26)12-11-18-7-3-5-9-22(18)28)13-21-25(30)24(33-27(17)21)14-19-8-4-6-10-23(19)31-2/h3-10,13-14H,11-12,15-16H2,1-2H3/b24-14-. The SMILES string of the molecule is COc1ccccc1/C=C1\Oc2c(cc3c(c2C)OCN(CCc2ccccc2Cl)C3)C1=O. The molecule has 5 rings (SSSR count). The number of ketones is 1. The van der Waals surface area contributed by atoms with Crippen LogP contribution in [0.1, 0.15) is 32.6 Å². The van der Waals surface area contributed by atoms with Crippen LogP contribution in [-0.4, -0.2) is 31.1 Å². The molecule has 6 heteroatoms. The first-order valence-corrected chi connectivity index (χ1v) is 11.2. The van der Waals surface area contributed by atoms with E-state index in [9.17, 15) is 4.79 Å². The molecular weight excluding hydrogens is 438 g/mol. The third-order valence-corrected chi connectivity index (χ3v) is 6.45. The van der Waals surface area contributed by atoms with Gasteiger partial charge in [0.1, 0.15) is 24.0 Å². The highest BCUT2D eigenvalue weighted by Crippen LogP contribution is 2.43. The van der Waals surface area contributed by atoms with Gasteiger partial charge in [0.15, 0.2) is 5.76 Å². The normalized spacial score (nSPS) is 16.2. The first kappa shape index (κ1) is 21.6. The lowest BCUT2D eigenvalue weighted by atomic mass is 9.99. The molecule has 0 bridgehead atoms. The maximum atomic E-state index is 13.2. The molecule has 0 atom stereocenters. The Hall–Kier alpha value is -3.28. The molecule has 5 nitrogen and oxygen atoms in total. The van der Waals surface area contributed by atoms with Crippen LogP contribution in [0.25, 0.3) is 6.08 Å². The topological polar surface area (TPSA) is 48.0 Å². The molecule has 2 heterocycles. The molecule has 0 amide bonds. The first-order valence-electron chi connectivity index (χ1n) is 10.9. The quantitative estimate of drug-likeness (QED) is 0.458. The third-order valence-electron chi connectivity index (χ3n) is 6.08. The van der Waals surface area contributed by atoms with Crippen LogP contribution in [0.2, 0.25) is 5.02 Å². The third kappa shape index (κ3) is 4.10. The molecule has 0 N–H and O–H groups in total. The summed E-state index contributed by atoms with van der Waals surface area (Å²) in [5, 5.41) is 0.779. The maximum absolute atomic E-state index is 13.2. The maximum Gasteiger partial charge on any atom is 0.231 e. The Kier molecular flexibility index (Phi) is 5.83. The highest BCUT2D eigenvalue weighted by molar-refractivity contribution is 6.31. The van der Waals surface area contributed by atoms with Crippen molar-refractivity contribution in [2.75, 3.05) is 20.4 Å². The van der Waals surface area contributed by atoms with Crippen LogP contribution in [0.15, 0.2) is 60.4 Å². The lowest BCUT2D eigenvalue weighted by Crippen LogP contribution is -2.34. The molecule has 33 heavy (non-hydrogen) atoms. The van der Waals surface area contributed by atoms with Gasteiger partial charge in [-0.05, 0) is 43.2 Å². The molecule has 0 unspecified atom stereocenters. The van der Waals surface area contributed by atoms with E-state index in [1.807, 2.05) is 61.5 Å². The van der Waals surface area contributed by atoms with Crippen LogP contribution < -0.4 is 14.2 Å². The van der Waals surface area contributed by atoms with E-state index >= 15 is 0 Å². The minimum atomic E-state index is -0.130. The number of allylic oxidation sites excluding steroid dienone is 1. The molecule has 168 valence electrons. The highest BCUT2D eigenvalue weighted by atomic mass is 35.5. The monoisotopic (exact) mass is 461 g/mol. The molecule has 2 aliphatic heterocycles. The summed E-state index contributed by atoms with van der Waals surface area (Å²) in [5.41, 5.74) is 4.33. The lowest BCUT2D eigenvalue weighted by molar-refractivity contribution is 0.0954. The van der Waals surface area contributed by atoms with E-state index < -0.39 is 0 Å². The Bertz CT molecular complexity index is 1270. The number of nitrogens with zero attached hydrogens (tertiary/aromatic N) is 1. The van der Waals surface area contributed by atoms with Crippen molar-refractivity contribution in [3.63, 3.8) is 0 Å². The summed E-state index contributed by atoms with van der Waals surface area (Å²) in [6, 6.07) is 17.3. The van der Waals surface area contributed by atoms with Gasteiger partial charge in [-0.15, -0.1) is 0 Å². The fourth-order valence-electron chi connectivity index (χ4n) is 4.35. The molecule has 0 fully saturated rings. The van der Waals surface area contributed by atoms with E-state index in [0.717, 1.165) is 46.0 Å². The molecule has 0 saturated heterocycles. The number of para-hydroxylation sites is 1. The van der Waals surface area contributed by atoms with Crippen molar-refractivity contribution in [1.29, 1.82) is 0 Å². The van der Waals surface area contributed by atoms with Gasteiger partial charge in [0, 0.05) is 34.8 Å². The summed E-state index contributed by atoms with van der Waals surface area (Å²) in [6.45, 7) is 3.93. The number of ether oxygens (including phenoxy) is 3. The second-order valence-corrected chi connectivity index (χ2v) is 8.62. The van der Waals surface area contributed by atoms with Crippen LogP contribution in [0.5, 0.6) is 17.2 Å². The van der Waals surface area contributed by atoms with Crippen LogP contribution >= 0.6 is 11.6 Å². The summed E-state index contributed by atoms with van der Waals surface area (Å²) in [6.07, 6.45) is 2.56. The van der Waals surface area contributed by atoms with E-state index in [1.165, 1.54) is 0 Å². The van der Waals surface area contributed by atoms with Crippen molar-refractivity contribution in [3.8, 4) is 17.2 Å². The van der Waals surface area contributed by atoms with E-state index in [0.29, 0.717) is 30.3 Å². The fourth-order valence-corrected chi connectivity index (χ4v) is 4.58. The Balaban J connectivity index is 1.38. The Morgan fingerprint density at radius 3 is 2.73 bits per heavy atom. The molecule has 0 spiro atoms. The summed E-state index contributed by atoms with van der Waals surface area (Å²) in [5.74, 6) is 2.22. The number of hydrogen-bond acceptors (Lipinski definition) is 5. The van der Waals surface area contributed by atoms with Crippen LogP contribution in [-0.2, 0) is 13.0 Å². The molecule has 3 aromatic rings. The van der Waals surface area contributed by atoms with Gasteiger partial charge in [-0.1, -0.05) is 48.0 Å². The number of Topliss-reactive ketones (excluding diaryl/α,β-unsaturated/α-hetero) is 1. The zero-order valence-corrected chi connectivity index (χ0v) is 19.3. The molecule has 0 aliphatic carbocycles. The summed E-state index contributed by atoms with van der Waals surface area (Å²) in [4.78, 5) is 15.4. The van der Waals surface area contributed by atoms with Gasteiger partial charge in [0.05, 0.1) is 12.7 Å². The van der Waals surface area contributed by atoms with Crippen LogP contribution in [0.3, 0.4) is 0 Å². The second kappa shape index (κ2) is 8.93. The lowest BCUT2D eigenvalue weighted by Gasteiger charge is -2.30. The number of methoxy groups -OCH3 is 1. The summed E-state index contributed by atoms with van der Waals surface area (Å²) < 4.78 is 17.5. The molecule has 3 aromatic carbocycles. The average molecular weight is 462 g/mol. The van der Waals surface area contributed by atoms with Gasteiger partial charge in [0.2, 0.25) is 5.78 Å². The van der Waals surface area contributed by atoms with Gasteiger partial charge in [-0.2, -0.15) is 0 Å². The van der Waals surface area contributed by atoms with Crippen molar-refractivity contribution in [2.45, 2.75) is 19.9 Å². The second-order valence-electron chi connectivity index (χ2n) is 8.22. The van der Waals surface area contributed by atoms with Gasteiger partial charge >= 0.3 is 0 Å². The molecule has 2 aliphatic rings. The van der Waals surface area contributed by atoms with Gasteiger partial charge in [-0.3, -0.25) is 9.69 Å². The zero-order valence-electron chi connectivity index (χ0n) is 18.6. The van der Waals surface area contributed by atoms with E-state index in [1.54, 1.807) is 13.2 Å². The molecular formula is C27H24ClNO4. The van der Waals surface area contributed by atoms with Crippen molar-refractivity contribution in [1.82, 2.24) is 4.90 Å². The number of rotatable bonds is 5. The Morgan fingerprint density at radius 1 is 1.12 bits per heavy atom. The zero-order chi connectivity index (χ0) is 22.9. The van der Waals surface area contributed by atoms with Gasteiger partial charge in [-0.25, -0.2) is 0 Å². The Morgan fingerprint density at radius 2 is 1.91 bits per heavy atom. The fraction of sp³-hybridized carbons (Fsp3) is 0.222. The number of carbonyl (C=O) groups excluding carboxylic acids is 1. The van der Waals surface area contributed by atoms with Crippen molar-refractivity contribution in [2.24, 2.45) is 0 Å². The largest absolute Gasteiger partial charge is 0.496 e. The van der Waals surface area contributed by atoms with Crippen molar-refractivity contribution >= 4 is 23.5 Å². The van der Waals surface area contributed by atoms with Crippen LogP contribution in [0.4, 0.5) is 0 Å². The summed E-state index contributed by atoms with van der Waals surface area (Å²) in [7, 11) is 1.61. The van der Waals surface area contributed by atoms with Gasteiger partial charge < -0.3 is 14.2 Å². The highest BCUT2D eigenvalue weighted by Gasteiger charge is 2.33. The number of fused-ring (bicyclic) bond motifs is 2. The number of benzene rings is 3. The number of carbonyl (C=O) groups is 1. The minimum absolute atomic E-state index is 0.130. The van der Waals surface area contributed by atoms with E-state index in [-0.39, 0.29) is 11.5 Å². The smallest absolute Gasteiger partial charge is 0.231 e. The molecule has 0 saturated carbocycles. The van der Waals surface area contributed by atoms with E-state index in [2.05, 4.69) is 4.90 Å². The van der Waals surface area contributed by atoms with E-state index in [4.69, 9.17) is 25.8 Å². The molecule has 0 aromatic heterocycles. The first-order chi connectivity index (χ1) is 16.0. The minimum Gasteiger partial charge on any atom is -0.496 e. The van der Waals surface area contributed by atoms with Crippen molar-refractivity contribution < 1.29 is 19.0 Å². The van der Waals surface area contributed by atoms with Crippen molar-refractivity contribution in [3.05, 3.63) is 93.2 Å². The molecule has 0 radical (unpaired) electrons. The predicted octanol–water partition coefficient (Wildman–Crippen LogP) is 5.67. The average Bonchev–Trinajstić information content (AvgIpc) is 3.14.